The van der Waals surface area contributed by atoms with Gasteiger partial charge in [-0.2, -0.15) is 8.78 Å². The number of ether oxygens (including phenoxy) is 1. The van der Waals surface area contributed by atoms with Gasteiger partial charge < -0.3 is 19.4 Å². The van der Waals surface area contributed by atoms with Gasteiger partial charge in [-0.15, -0.1) is 0 Å². The van der Waals surface area contributed by atoms with Crippen LogP contribution < -0.4 is 0 Å². The van der Waals surface area contributed by atoms with Crippen LogP contribution in [0.1, 0.15) is 22.2 Å². The molecule has 0 saturated heterocycles. The molecule has 0 bridgehead atoms. The maximum Gasteiger partial charge on any atom is 0.385 e. The minimum Gasteiger partial charge on any atom is -0.506 e. The summed E-state index contributed by atoms with van der Waals surface area (Å²) in [6.07, 6.45) is -1.44. The largest absolute Gasteiger partial charge is 0.506 e. The second kappa shape index (κ2) is 7.21. The van der Waals surface area contributed by atoms with Gasteiger partial charge in [0.25, 0.3) is 0 Å². The summed E-state index contributed by atoms with van der Waals surface area (Å²) in [6.45, 7) is 0. The van der Waals surface area contributed by atoms with E-state index in [1.165, 1.54) is 12.1 Å². The van der Waals surface area contributed by atoms with E-state index in [-0.39, 0.29) is 5.56 Å². The number of hydrogen-bond donors (Lipinski definition) is 2. The van der Waals surface area contributed by atoms with Crippen LogP contribution in [0.25, 0.3) is 0 Å². The molecule has 0 amide bonds. The van der Waals surface area contributed by atoms with E-state index in [0.29, 0.717) is 7.14 Å². The fourth-order valence-electron chi connectivity index (χ4n) is 1.76. The number of furan rings is 1. The number of esters is 1. The quantitative estimate of drug-likeness (QED) is 0.424. The summed E-state index contributed by atoms with van der Waals surface area (Å²) < 4.78 is 38.1. The van der Waals surface area contributed by atoms with Gasteiger partial charge in [0.2, 0.25) is 6.10 Å². The highest BCUT2D eigenvalue weighted by Crippen LogP contribution is 2.37. The van der Waals surface area contributed by atoms with E-state index >= 15 is 0 Å². The van der Waals surface area contributed by atoms with Gasteiger partial charge in [0, 0.05) is 3.57 Å². The van der Waals surface area contributed by atoms with Crippen molar-refractivity contribution in [3.63, 3.8) is 0 Å². The van der Waals surface area contributed by atoms with E-state index in [1.54, 1.807) is 28.7 Å². The fourth-order valence-corrected chi connectivity index (χ4v) is 3.60. The molecule has 1 atom stereocenters. The number of carbonyl (C=O) groups excluding carboxylic acids is 1. The van der Waals surface area contributed by atoms with Crippen LogP contribution in [0.4, 0.5) is 8.78 Å². The van der Waals surface area contributed by atoms with Gasteiger partial charge >= 0.3 is 17.9 Å². The molecule has 2 N–H and O–H groups in total. The third kappa shape index (κ3) is 3.79. The van der Waals surface area contributed by atoms with Crippen LogP contribution in [0.5, 0.6) is 5.75 Å². The zero-order valence-corrected chi connectivity index (χ0v) is 15.8. The van der Waals surface area contributed by atoms with Gasteiger partial charge in [0.15, 0.2) is 5.76 Å². The Morgan fingerprint density at radius 2 is 1.96 bits per heavy atom. The van der Waals surface area contributed by atoms with Gasteiger partial charge in [0.1, 0.15) is 11.3 Å². The third-order valence-corrected chi connectivity index (χ3v) is 4.33. The van der Waals surface area contributed by atoms with Crippen LogP contribution in [0.2, 0.25) is 0 Å². The number of carboxylic acids is 1. The number of benzene rings is 1. The number of carboxylic acid groups (broad SMARTS) is 1. The van der Waals surface area contributed by atoms with Crippen molar-refractivity contribution in [3.05, 3.63) is 49.0 Å². The molecule has 2 aromatic rings. The lowest BCUT2D eigenvalue weighted by Crippen LogP contribution is -2.38. The first-order chi connectivity index (χ1) is 11.1. The Hall–Kier alpha value is -1.44. The molecule has 2 rings (SSSR count). The summed E-state index contributed by atoms with van der Waals surface area (Å²) in [5.41, 5.74) is -0.357. The molecule has 1 aromatic carbocycles. The number of aromatic hydroxyl groups is 1. The number of alkyl halides is 2. The maximum absolute atomic E-state index is 13.9. The predicted molar refractivity (Wildman–Crippen MR) is 93.0 cm³/mol. The molecule has 1 aromatic heterocycles. The number of phenolic OH excluding ortho intramolecular Hbond substituents is 1. The first kappa shape index (κ1) is 18.9. The first-order valence-electron chi connectivity index (χ1n) is 6.18. The molecule has 1 unspecified atom stereocenters. The number of hydrogen-bond acceptors (Lipinski definition) is 5. The fraction of sp³-hybridized carbons (Fsp3) is 0.143. The molecule has 0 aliphatic heterocycles. The van der Waals surface area contributed by atoms with Gasteiger partial charge in [-0.05, 0) is 69.4 Å². The summed E-state index contributed by atoms with van der Waals surface area (Å²) in [5.74, 6) is -9.17. The maximum atomic E-state index is 13.9. The number of rotatable bonds is 5. The average molecular weight is 564 g/mol. The van der Waals surface area contributed by atoms with E-state index in [1.807, 2.05) is 22.6 Å². The van der Waals surface area contributed by atoms with E-state index in [9.17, 15) is 23.5 Å². The monoisotopic (exact) mass is 564 g/mol. The number of halogens is 4. The van der Waals surface area contributed by atoms with Crippen molar-refractivity contribution in [3.8, 4) is 5.75 Å². The van der Waals surface area contributed by atoms with Gasteiger partial charge in [-0.3, -0.25) is 0 Å². The summed E-state index contributed by atoms with van der Waals surface area (Å²) in [6, 6.07) is 5.11. The minimum absolute atomic E-state index is 0.311. The van der Waals surface area contributed by atoms with E-state index in [2.05, 4.69) is 4.74 Å². The SMILES string of the molecule is O=C(OC(c1ccco1)C(F)(F)C(=O)O)c1cc(I)cc(I)c1O. The van der Waals surface area contributed by atoms with Crippen LogP contribution in [-0.2, 0) is 9.53 Å². The molecule has 0 radical (unpaired) electrons. The number of carbonyl (C=O) groups is 2. The lowest BCUT2D eigenvalue weighted by atomic mass is 10.1. The van der Waals surface area contributed by atoms with Crippen molar-refractivity contribution < 1.29 is 37.7 Å². The van der Waals surface area contributed by atoms with Crippen molar-refractivity contribution in [2.75, 3.05) is 0 Å². The zero-order chi connectivity index (χ0) is 18.1. The number of phenols is 1. The Bertz CT molecular complexity index is 776. The van der Waals surface area contributed by atoms with Crippen molar-refractivity contribution in [2.45, 2.75) is 12.0 Å². The van der Waals surface area contributed by atoms with Gasteiger partial charge in [0.05, 0.1) is 9.83 Å². The van der Waals surface area contributed by atoms with Gasteiger partial charge in [-0.1, -0.05) is 0 Å². The predicted octanol–water partition coefficient (Wildman–Crippen LogP) is 3.81. The second-order valence-corrected chi connectivity index (χ2v) is 6.92. The molecular weight excluding hydrogens is 556 g/mol. The molecule has 24 heavy (non-hydrogen) atoms. The summed E-state index contributed by atoms with van der Waals surface area (Å²) >= 11 is 3.62. The molecule has 6 nitrogen and oxygen atoms in total. The highest BCUT2D eigenvalue weighted by molar-refractivity contribution is 14.1. The Kier molecular flexibility index (Phi) is 5.67. The highest BCUT2D eigenvalue weighted by Gasteiger charge is 2.53. The summed E-state index contributed by atoms with van der Waals surface area (Å²) in [7, 11) is 0. The summed E-state index contributed by atoms with van der Waals surface area (Å²) in [5, 5.41) is 18.6. The standard InChI is InChI=1S/C14H8F2I2O6/c15-14(16,13(21)22)11(9-2-1-3-23-9)24-12(20)7-4-6(17)5-8(18)10(7)19/h1-5,11,19H,(H,21,22). The average Bonchev–Trinajstić information content (AvgIpc) is 3.01. The molecule has 0 fully saturated rings. The molecular formula is C14H8F2I2O6. The lowest BCUT2D eigenvalue weighted by molar-refractivity contribution is -0.185. The molecule has 1 heterocycles. The van der Waals surface area contributed by atoms with Crippen molar-refractivity contribution >= 4 is 57.1 Å². The normalized spacial score (nSPS) is 12.7. The Morgan fingerprint density at radius 3 is 2.50 bits per heavy atom. The number of aliphatic carboxylic acids is 1. The van der Waals surface area contributed by atoms with E-state index in [0.717, 1.165) is 12.3 Å². The smallest absolute Gasteiger partial charge is 0.385 e. The lowest BCUT2D eigenvalue weighted by Gasteiger charge is -2.22. The molecule has 0 aliphatic rings. The van der Waals surface area contributed by atoms with Crippen molar-refractivity contribution in [1.29, 1.82) is 0 Å². The van der Waals surface area contributed by atoms with E-state index in [4.69, 9.17) is 9.52 Å². The van der Waals surface area contributed by atoms with Crippen LogP contribution in [0.3, 0.4) is 0 Å². The molecule has 0 spiro atoms. The highest BCUT2D eigenvalue weighted by atomic mass is 127. The Morgan fingerprint density at radius 1 is 1.29 bits per heavy atom. The van der Waals surface area contributed by atoms with E-state index < -0.39 is 35.5 Å². The second-order valence-electron chi connectivity index (χ2n) is 4.51. The van der Waals surface area contributed by atoms with Crippen LogP contribution in [0.15, 0.2) is 34.9 Å². The topological polar surface area (TPSA) is 97.0 Å². The minimum atomic E-state index is -4.42. The zero-order valence-electron chi connectivity index (χ0n) is 11.5. The Labute approximate surface area is 161 Å². The molecule has 0 saturated carbocycles. The third-order valence-electron chi connectivity index (χ3n) is 2.89. The van der Waals surface area contributed by atoms with Gasteiger partial charge in [-0.25, -0.2) is 9.59 Å². The summed E-state index contributed by atoms with van der Waals surface area (Å²) in [4.78, 5) is 23.0. The Balaban J connectivity index is 2.41. The molecule has 128 valence electrons. The molecule has 10 heteroatoms. The van der Waals surface area contributed by atoms with Crippen molar-refractivity contribution in [2.24, 2.45) is 0 Å². The van der Waals surface area contributed by atoms with Crippen molar-refractivity contribution in [1.82, 2.24) is 0 Å². The van der Waals surface area contributed by atoms with Crippen LogP contribution >= 0.6 is 45.2 Å². The first-order valence-corrected chi connectivity index (χ1v) is 8.34. The van der Waals surface area contributed by atoms with Crippen LogP contribution in [-0.4, -0.2) is 28.1 Å². The van der Waals surface area contributed by atoms with Crippen LogP contribution in [0, 0.1) is 7.14 Å². The molecule has 0 aliphatic carbocycles.